The predicted molar refractivity (Wildman–Crippen MR) is 102 cm³/mol. The first-order valence-electron chi connectivity index (χ1n) is 8.11. The average Bonchev–Trinajstić information content (AvgIpc) is 3.35. The highest BCUT2D eigenvalue weighted by atomic mass is 32.1. The van der Waals surface area contributed by atoms with Gasteiger partial charge in [-0.3, -0.25) is 4.40 Å². The number of halogens is 1. The van der Waals surface area contributed by atoms with Crippen LogP contribution in [0, 0.1) is 5.82 Å². The number of ether oxygens (including phenoxy) is 1. The first-order valence-corrected chi connectivity index (χ1v) is 8.99. The lowest BCUT2D eigenvalue weighted by atomic mass is 10.1. The van der Waals surface area contributed by atoms with E-state index in [0.29, 0.717) is 0 Å². The maximum atomic E-state index is 13.2. The summed E-state index contributed by atoms with van der Waals surface area (Å²) in [4.78, 5) is 8.89. The van der Waals surface area contributed by atoms with E-state index in [2.05, 4.69) is 19.7 Å². The second-order valence-corrected chi connectivity index (χ2v) is 6.86. The molecule has 26 heavy (non-hydrogen) atoms. The third-order valence-electron chi connectivity index (χ3n) is 4.51. The van der Waals surface area contributed by atoms with E-state index in [9.17, 15) is 4.39 Å². The molecular formula is C20H14FN3OS. The van der Waals surface area contributed by atoms with Crippen LogP contribution in [0.15, 0.2) is 60.2 Å². The van der Waals surface area contributed by atoms with Crippen molar-refractivity contribution in [2.45, 2.75) is 0 Å². The summed E-state index contributed by atoms with van der Waals surface area (Å²) in [6.45, 7) is 0. The molecule has 0 fully saturated rings. The monoisotopic (exact) mass is 363 g/mol. The third-order valence-corrected chi connectivity index (χ3v) is 5.35. The van der Waals surface area contributed by atoms with Crippen LogP contribution >= 0.6 is 11.3 Å². The molecule has 128 valence electrons. The summed E-state index contributed by atoms with van der Waals surface area (Å²) < 4.78 is 20.6. The highest BCUT2D eigenvalue weighted by Gasteiger charge is 2.14. The largest absolute Gasteiger partial charge is 0.497 e. The third kappa shape index (κ3) is 2.30. The number of methoxy groups -OCH3 is 1. The highest BCUT2D eigenvalue weighted by Crippen LogP contribution is 2.35. The minimum atomic E-state index is -0.247. The minimum absolute atomic E-state index is 0.247. The Morgan fingerprint density at radius 1 is 1.15 bits per heavy atom. The van der Waals surface area contributed by atoms with Crippen molar-refractivity contribution < 1.29 is 9.13 Å². The molecule has 6 heteroatoms. The van der Waals surface area contributed by atoms with Gasteiger partial charge in [-0.05, 0) is 42.5 Å². The molecule has 1 N–H and O–H groups in total. The van der Waals surface area contributed by atoms with Crippen LogP contribution in [0.25, 0.3) is 38.4 Å². The normalized spacial score (nSPS) is 11.5. The summed E-state index contributed by atoms with van der Waals surface area (Å²) in [5.41, 5.74) is 4.93. The molecule has 5 rings (SSSR count). The van der Waals surface area contributed by atoms with Crippen LogP contribution in [0.1, 0.15) is 0 Å². The number of fused-ring (bicyclic) bond motifs is 2. The van der Waals surface area contributed by atoms with Gasteiger partial charge in [-0.1, -0.05) is 0 Å². The zero-order chi connectivity index (χ0) is 17.7. The number of imidazole rings is 1. The predicted octanol–water partition coefficient (Wildman–Crippen LogP) is 5.36. The molecule has 4 nitrogen and oxygen atoms in total. The van der Waals surface area contributed by atoms with Crippen LogP contribution in [0.3, 0.4) is 0 Å². The van der Waals surface area contributed by atoms with E-state index in [-0.39, 0.29) is 5.82 Å². The zero-order valence-corrected chi connectivity index (χ0v) is 14.7. The van der Waals surface area contributed by atoms with Crippen molar-refractivity contribution in [2.24, 2.45) is 0 Å². The molecule has 0 aliphatic heterocycles. The van der Waals surface area contributed by atoms with Gasteiger partial charge in [0.05, 0.1) is 18.5 Å². The van der Waals surface area contributed by atoms with Gasteiger partial charge in [-0.25, -0.2) is 9.37 Å². The summed E-state index contributed by atoms with van der Waals surface area (Å²) in [6, 6.07) is 12.4. The molecule has 0 atom stereocenters. The summed E-state index contributed by atoms with van der Waals surface area (Å²) in [7, 11) is 1.67. The van der Waals surface area contributed by atoms with Crippen molar-refractivity contribution in [3.63, 3.8) is 0 Å². The smallest absolute Gasteiger partial charge is 0.194 e. The molecule has 0 spiro atoms. The fourth-order valence-corrected chi connectivity index (χ4v) is 4.05. The maximum absolute atomic E-state index is 13.2. The molecule has 0 saturated carbocycles. The SMILES string of the molecule is COc1ccc2[nH]cc(-c3csc4nc(-c5ccc(F)cc5)cn34)c2c1. The van der Waals surface area contributed by atoms with E-state index >= 15 is 0 Å². The number of thiazole rings is 1. The summed E-state index contributed by atoms with van der Waals surface area (Å²) in [5.74, 6) is 0.575. The van der Waals surface area contributed by atoms with Gasteiger partial charge in [0.25, 0.3) is 0 Å². The minimum Gasteiger partial charge on any atom is -0.497 e. The van der Waals surface area contributed by atoms with E-state index in [1.165, 1.54) is 12.1 Å². The van der Waals surface area contributed by atoms with Crippen LogP contribution in [0.5, 0.6) is 5.75 Å². The fraction of sp³-hybridized carbons (Fsp3) is 0.0500. The van der Waals surface area contributed by atoms with E-state index in [0.717, 1.165) is 44.1 Å². The summed E-state index contributed by atoms with van der Waals surface area (Å²) in [6.07, 6.45) is 4.00. The quantitative estimate of drug-likeness (QED) is 0.469. The van der Waals surface area contributed by atoms with Gasteiger partial charge in [0, 0.05) is 39.8 Å². The lowest BCUT2D eigenvalue weighted by Crippen LogP contribution is -1.84. The Bertz CT molecular complexity index is 1230. The van der Waals surface area contributed by atoms with Crippen molar-refractivity contribution in [3.05, 3.63) is 66.1 Å². The Morgan fingerprint density at radius 3 is 2.81 bits per heavy atom. The van der Waals surface area contributed by atoms with E-state index < -0.39 is 0 Å². The number of aromatic nitrogens is 3. The highest BCUT2D eigenvalue weighted by molar-refractivity contribution is 7.15. The van der Waals surface area contributed by atoms with E-state index in [1.54, 1.807) is 30.6 Å². The number of H-pyrrole nitrogens is 1. The van der Waals surface area contributed by atoms with Crippen molar-refractivity contribution in [3.8, 4) is 28.3 Å². The number of hydrogen-bond acceptors (Lipinski definition) is 3. The zero-order valence-electron chi connectivity index (χ0n) is 13.9. The number of hydrogen-bond donors (Lipinski definition) is 1. The molecule has 0 saturated heterocycles. The standard InChI is InChI=1S/C20H14FN3OS/c1-25-14-6-7-17-15(8-14)16(9-22-17)19-11-26-20-23-18(10-24(19)20)12-2-4-13(21)5-3-12/h2-11,22H,1H3. The Morgan fingerprint density at radius 2 is 2.00 bits per heavy atom. The Labute approximate surface area is 152 Å². The summed E-state index contributed by atoms with van der Waals surface area (Å²) >= 11 is 1.58. The number of nitrogens with zero attached hydrogens (tertiary/aromatic N) is 2. The number of rotatable bonds is 3. The molecule has 0 amide bonds. The van der Waals surface area contributed by atoms with Crippen LogP contribution in [0.2, 0.25) is 0 Å². The molecular weight excluding hydrogens is 349 g/mol. The second-order valence-electron chi connectivity index (χ2n) is 6.02. The van der Waals surface area contributed by atoms with E-state index in [1.807, 2.05) is 30.6 Å². The Kier molecular flexibility index (Phi) is 3.33. The lowest BCUT2D eigenvalue weighted by molar-refractivity contribution is 0.415. The van der Waals surface area contributed by atoms with Gasteiger partial charge in [0.2, 0.25) is 0 Å². The maximum Gasteiger partial charge on any atom is 0.194 e. The first kappa shape index (κ1) is 15.2. The molecule has 0 aliphatic rings. The van der Waals surface area contributed by atoms with Gasteiger partial charge in [-0.2, -0.15) is 0 Å². The number of aromatic amines is 1. The molecule has 0 unspecified atom stereocenters. The van der Waals surface area contributed by atoms with Crippen LogP contribution < -0.4 is 4.74 Å². The first-order chi connectivity index (χ1) is 12.7. The Balaban J connectivity index is 1.67. The van der Waals surface area contributed by atoms with Crippen molar-refractivity contribution in [1.82, 2.24) is 14.4 Å². The number of nitrogens with one attached hydrogen (secondary N) is 1. The molecule has 0 radical (unpaired) electrons. The van der Waals surface area contributed by atoms with Gasteiger partial charge < -0.3 is 9.72 Å². The van der Waals surface area contributed by atoms with Gasteiger partial charge in [-0.15, -0.1) is 11.3 Å². The molecule has 5 aromatic rings. The summed E-state index contributed by atoms with van der Waals surface area (Å²) in [5, 5.41) is 3.19. The van der Waals surface area contributed by atoms with Crippen LogP contribution in [-0.4, -0.2) is 21.5 Å². The topological polar surface area (TPSA) is 42.3 Å². The van der Waals surface area contributed by atoms with Gasteiger partial charge in [0.15, 0.2) is 4.96 Å². The molecule has 3 aromatic heterocycles. The average molecular weight is 363 g/mol. The van der Waals surface area contributed by atoms with Crippen LogP contribution in [-0.2, 0) is 0 Å². The second kappa shape index (κ2) is 5.71. The molecule has 0 bridgehead atoms. The Hall–Kier alpha value is -3.12. The van der Waals surface area contributed by atoms with Crippen molar-refractivity contribution in [2.75, 3.05) is 7.11 Å². The van der Waals surface area contributed by atoms with Crippen molar-refractivity contribution >= 4 is 27.2 Å². The molecule has 0 aliphatic carbocycles. The van der Waals surface area contributed by atoms with Gasteiger partial charge in [0.1, 0.15) is 11.6 Å². The molecule has 2 aromatic carbocycles. The fourth-order valence-electron chi connectivity index (χ4n) is 3.18. The van der Waals surface area contributed by atoms with E-state index in [4.69, 9.17) is 4.74 Å². The lowest BCUT2D eigenvalue weighted by Gasteiger charge is -2.01. The van der Waals surface area contributed by atoms with Crippen LogP contribution in [0.4, 0.5) is 4.39 Å². The van der Waals surface area contributed by atoms with Gasteiger partial charge >= 0.3 is 0 Å². The molecule has 3 heterocycles. The number of benzene rings is 2. The van der Waals surface area contributed by atoms with Crippen molar-refractivity contribution in [1.29, 1.82) is 0 Å².